The zero-order valence-electron chi connectivity index (χ0n) is 16.1. The van der Waals surface area contributed by atoms with Crippen LogP contribution < -0.4 is 16.0 Å². The first-order valence-corrected chi connectivity index (χ1v) is 9.53. The van der Waals surface area contributed by atoms with Crippen LogP contribution in [0.4, 0.5) is 10.5 Å². The van der Waals surface area contributed by atoms with Gasteiger partial charge in [0.1, 0.15) is 12.1 Å². The molecule has 1 aromatic carbocycles. The minimum absolute atomic E-state index is 0.0381. The highest BCUT2D eigenvalue weighted by Gasteiger charge is 2.56. The van der Waals surface area contributed by atoms with Gasteiger partial charge in [-0.2, -0.15) is 0 Å². The summed E-state index contributed by atoms with van der Waals surface area (Å²) >= 11 is 0. The second-order valence-electron chi connectivity index (χ2n) is 7.96. The third-order valence-corrected chi connectivity index (χ3v) is 5.45. The molecular weight excluding hydrogens is 344 g/mol. The summed E-state index contributed by atoms with van der Waals surface area (Å²) in [5.41, 5.74) is 0.131. The van der Waals surface area contributed by atoms with E-state index < -0.39 is 11.6 Å². The molecule has 2 unspecified atom stereocenters. The van der Waals surface area contributed by atoms with Crippen molar-refractivity contribution in [3.8, 4) is 0 Å². The first-order chi connectivity index (χ1) is 12.8. The zero-order valence-corrected chi connectivity index (χ0v) is 16.1. The van der Waals surface area contributed by atoms with Gasteiger partial charge in [-0.15, -0.1) is 0 Å². The Bertz CT molecular complexity index is 717. The van der Waals surface area contributed by atoms with E-state index in [9.17, 15) is 14.4 Å². The van der Waals surface area contributed by atoms with Gasteiger partial charge in [-0.1, -0.05) is 32.0 Å². The molecule has 2 aliphatic rings. The molecule has 1 aliphatic carbocycles. The van der Waals surface area contributed by atoms with Crippen molar-refractivity contribution in [3.05, 3.63) is 30.3 Å². The van der Waals surface area contributed by atoms with Crippen LogP contribution in [0, 0.1) is 11.8 Å². The Morgan fingerprint density at radius 3 is 2.52 bits per heavy atom. The van der Waals surface area contributed by atoms with Gasteiger partial charge in [0.05, 0.1) is 0 Å². The maximum atomic E-state index is 12.6. The summed E-state index contributed by atoms with van der Waals surface area (Å²) in [4.78, 5) is 38.1. The Balaban J connectivity index is 1.53. The van der Waals surface area contributed by atoms with E-state index in [1.54, 1.807) is 6.92 Å². The molecule has 27 heavy (non-hydrogen) atoms. The van der Waals surface area contributed by atoms with Crippen molar-refractivity contribution < 1.29 is 14.4 Å². The van der Waals surface area contributed by atoms with Crippen molar-refractivity contribution in [2.24, 2.45) is 11.8 Å². The lowest BCUT2D eigenvalue weighted by molar-refractivity contribution is -0.135. The molecule has 1 saturated heterocycles. The summed E-state index contributed by atoms with van der Waals surface area (Å²) < 4.78 is 0. The van der Waals surface area contributed by atoms with E-state index in [-0.39, 0.29) is 30.3 Å². The Hall–Kier alpha value is -2.57. The van der Waals surface area contributed by atoms with Gasteiger partial charge in [0.2, 0.25) is 5.91 Å². The van der Waals surface area contributed by atoms with Crippen LogP contribution in [0.1, 0.15) is 33.6 Å². The number of carbonyl (C=O) groups excluding carboxylic acids is 3. The Labute approximate surface area is 159 Å². The Kier molecular flexibility index (Phi) is 5.39. The number of benzene rings is 1. The molecule has 3 N–H and O–H groups in total. The summed E-state index contributed by atoms with van der Waals surface area (Å²) in [5.74, 6) is -0.158. The van der Waals surface area contributed by atoms with E-state index in [2.05, 4.69) is 29.8 Å². The molecule has 1 aromatic rings. The normalized spacial score (nSPS) is 23.3. The highest BCUT2D eigenvalue weighted by atomic mass is 16.2. The highest BCUT2D eigenvalue weighted by molar-refractivity contribution is 6.09. The van der Waals surface area contributed by atoms with Crippen molar-refractivity contribution in [1.29, 1.82) is 0 Å². The van der Waals surface area contributed by atoms with Crippen LogP contribution in [0.15, 0.2) is 30.3 Å². The van der Waals surface area contributed by atoms with E-state index in [1.165, 1.54) is 0 Å². The van der Waals surface area contributed by atoms with Gasteiger partial charge in [-0.05, 0) is 43.7 Å². The number of imide groups is 1. The fourth-order valence-corrected chi connectivity index (χ4v) is 3.42. The summed E-state index contributed by atoms with van der Waals surface area (Å²) in [5, 5.41) is 9.01. The summed E-state index contributed by atoms with van der Waals surface area (Å²) in [7, 11) is 0. The summed E-state index contributed by atoms with van der Waals surface area (Å²) in [6, 6.07) is 9.36. The van der Waals surface area contributed by atoms with E-state index >= 15 is 0 Å². The fourth-order valence-electron chi connectivity index (χ4n) is 3.42. The molecule has 0 bridgehead atoms. The number of nitrogens with zero attached hydrogens (tertiary/aromatic N) is 1. The molecule has 0 aromatic heterocycles. The topological polar surface area (TPSA) is 90.5 Å². The van der Waals surface area contributed by atoms with Gasteiger partial charge in [0.25, 0.3) is 5.91 Å². The number of carbonyl (C=O) groups is 3. The molecule has 1 aliphatic heterocycles. The molecule has 0 radical (unpaired) electrons. The lowest BCUT2D eigenvalue weighted by Gasteiger charge is -2.24. The van der Waals surface area contributed by atoms with Crippen LogP contribution in [-0.4, -0.2) is 47.4 Å². The monoisotopic (exact) mass is 372 g/mol. The highest BCUT2D eigenvalue weighted by Crippen LogP contribution is 2.42. The maximum Gasteiger partial charge on any atom is 0.325 e. The molecule has 1 saturated carbocycles. The van der Waals surface area contributed by atoms with Crippen LogP contribution in [0.25, 0.3) is 0 Å². The van der Waals surface area contributed by atoms with Crippen molar-refractivity contribution in [3.63, 3.8) is 0 Å². The smallest absolute Gasteiger partial charge is 0.325 e. The van der Waals surface area contributed by atoms with Gasteiger partial charge < -0.3 is 16.0 Å². The molecule has 4 amide bonds. The minimum atomic E-state index is -0.854. The molecule has 1 heterocycles. The number of amides is 4. The van der Waals surface area contributed by atoms with Gasteiger partial charge in [0, 0.05) is 18.3 Å². The van der Waals surface area contributed by atoms with Crippen molar-refractivity contribution in [2.45, 2.75) is 45.2 Å². The van der Waals surface area contributed by atoms with Gasteiger partial charge in [-0.25, -0.2) is 4.79 Å². The molecule has 0 spiro atoms. The second-order valence-corrected chi connectivity index (χ2v) is 7.96. The lowest BCUT2D eigenvalue weighted by Crippen LogP contribution is -2.47. The van der Waals surface area contributed by atoms with Crippen LogP contribution in [0.5, 0.6) is 0 Å². The average molecular weight is 372 g/mol. The number of hydrogen-bond donors (Lipinski definition) is 3. The summed E-state index contributed by atoms with van der Waals surface area (Å²) in [6.07, 6.45) is 1.87. The van der Waals surface area contributed by atoms with E-state index in [4.69, 9.17) is 0 Å². The molecule has 2 atom stereocenters. The quantitative estimate of drug-likeness (QED) is 0.609. The molecule has 146 valence electrons. The number of rotatable bonds is 8. The minimum Gasteiger partial charge on any atom is -0.380 e. The van der Waals surface area contributed by atoms with Crippen LogP contribution in [0.3, 0.4) is 0 Å². The third-order valence-electron chi connectivity index (χ3n) is 5.45. The maximum absolute atomic E-state index is 12.6. The van der Waals surface area contributed by atoms with Gasteiger partial charge in [-0.3, -0.25) is 14.5 Å². The van der Waals surface area contributed by atoms with E-state index in [0.717, 1.165) is 23.4 Å². The van der Waals surface area contributed by atoms with Gasteiger partial charge >= 0.3 is 6.03 Å². The second kappa shape index (κ2) is 7.58. The Morgan fingerprint density at radius 1 is 1.26 bits per heavy atom. The number of para-hydroxylation sites is 1. The van der Waals surface area contributed by atoms with Crippen LogP contribution >= 0.6 is 0 Å². The average Bonchev–Trinajstić information content (AvgIpc) is 3.45. The van der Waals surface area contributed by atoms with Crippen molar-refractivity contribution in [2.75, 3.05) is 18.4 Å². The third kappa shape index (κ3) is 4.23. The first kappa shape index (κ1) is 19.2. The standard InChI is InChI=1S/C20H28N4O3/c1-13(2)16(22-15-7-5-4-6-8-15)11-21-17(25)12-24-18(26)20(3,14-9-10-14)23-19(24)27/h4-8,13-14,16,22H,9-12H2,1-3H3,(H,21,25)(H,23,27). The molecular formula is C20H28N4O3. The number of urea groups is 1. The molecule has 3 rings (SSSR count). The predicted molar refractivity (Wildman–Crippen MR) is 103 cm³/mol. The number of nitrogens with one attached hydrogen (secondary N) is 3. The van der Waals surface area contributed by atoms with E-state index in [1.807, 2.05) is 30.3 Å². The predicted octanol–water partition coefficient (Wildman–Crippen LogP) is 1.96. The van der Waals surface area contributed by atoms with Crippen molar-refractivity contribution >= 4 is 23.5 Å². The first-order valence-electron chi connectivity index (χ1n) is 9.53. The summed E-state index contributed by atoms with van der Waals surface area (Å²) in [6.45, 7) is 6.07. The molecule has 2 fully saturated rings. The Morgan fingerprint density at radius 2 is 1.93 bits per heavy atom. The lowest BCUT2D eigenvalue weighted by atomic mass is 9.96. The molecule has 7 heteroatoms. The van der Waals surface area contributed by atoms with Gasteiger partial charge in [0.15, 0.2) is 0 Å². The fraction of sp³-hybridized carbons (Fsp3) is 0.550. The zero-order chi connectivity index (χ0) is 19.6. The molecule has 7 nitrogen and oxygen atoms in total. The van der Waals surface area contributed by atoms with Crippen LogP contribution in [-0.2, 0) is 9.59 Å². The number of hydrogen-bond acceptors (Lipinski definition) is 4. The van der Waals surface area contributed by atoms with Crippen LogP contribution in [0.2, 0.25) is 0 Å². The number of anilines is 1. The van der Waals surface area contributed by atoms with Crippen molar-refractivity contribution in [1.82, 2.24) is 15.5 Å². The SMILES string of the molecule is CC(C)C(CNC(=O)CN1C(=O)NC(C)(C2CC2)C1=O)Nc1ccccc1. The van der Waals surface area contributed by atoms with E-state index in [0.29, 0.717) is 12.5 Å². The largest absolute Gasteiger partial charge is 0.380 e.